The molecule has 1 heteroatoms. The van der Waals surface area contributed by atoms with Gasteiger partial charge in [-0.05, 0) is 0 Å². The quantitative estimate of drug-likeness (QED) is 0.493. The maximum atomic E-state index is 3.90. The third-order valence-corrected chi connectivity index (χ3v) is 10.3. The van der Waals surface area contributed by atoms with Crippen LogP contribution in [0.5, 0.6) is 0 Å². The van der Waals surface area contributed by atoms with E-state index in [1.54, 1.807) is 11.1 Å². The summed E-state index contributed by atoms with van der Waals surface area (Å²) in [6.07, 6.45) is 11.3. The molecule has 0 saturated carbocycles. The van der Waals surface area contributed by atoms with Crippen LogP contribution < -0.4 is 0 Å². The Labute approximate surface area is 102 Å². The Balaban J connectivity index is 2.26. The molecule has 0 nitrogen and oxygen atoms in total. The molecule has 2 aliphatic rings. The molecule has 0 aromatic heterocycles. The van der Waals surface area contributed by atoms with E-state index in [9.17, 15) is 0 Å². The predicted molar refractivity (Wildman–Crippen MR) is 63.9 cm³/mol. The SMILES string of the molecule is C=CCC1=CC2=C(CCCC2)[CH]1[Hf]([CH3])[CH3]. The molecule has 1 atom stereocenters. The second-order valence-corrected chi connectivity index (χ2v) is 14.8. The van der Waals surface area contributed by atoms with E-state index in [2.05, 4.69) is 28.1 Å². The van der Waals surface area contributed by atoms with E-state index in [1.807, 2.05) is 5.57 Å². The van der Waals surface area contributed by atoms with Gasteiger partial charge in [0.1, 0.15) is 0 Å². The second-order valence-electron chi connectivity index (χ2n) is 4.98. The summed E-state index contributed by atoms with van der Waals surface area (Å²) in [5.41, 5.74) is 5.28. The molecule has 0 amide bonds. The summed E-state index contributed by atoms with van der Waals surface area (Å²) < 4.78 is 6.08. The van der Waals surface area contributed by atoms with Gasteiger partial charge in [0, 0.05) is 0 Å². The molecule has 0 saturated heterocycles. The Morgan fingerprint density at radius 3 is 2.80 bits per heavy atom. The summed E-state index contributed by atoms with van der Waals surface area (Å²) >= 11 is -1.29. The van der Waals surface area contributed by atoms with Gasteiger partial charge in [-0.15, -0.1) is 0 Å². The van der Waals surface area contributed by atoms with Gasteiger partial charge in [0.25, 0.3) is 0 Å². The molecule has 81 valence electrons. The van der Waals surface area contributed by atoms with Gasteiger partial charge >= 0.3 is 102 Å². The van der Waals surface area contributed by atoms with Crippen molar-refractivity contribution in [1.82, 2.24) is 0 Å². The molecular formula is C14H21Hf. The molecule has 0 N–H and O–H groups in total. The summed E-state index contributed by atoms with van der Waals surface area (Å²) in [5.74, 6) is 0. The third-order valence-electron chi connectivity index (χ3n) is 3.59. The number of rotatable bonds is 3. The normalized spacial score (nSPS) is 24.9. The zero-order valence-corrected chi connectivity index (χ0v) is 13.6. The van der Waals surface area contributed by atoms with Crippen LogP contribution in [0.1, 0.15) is 32.1 Å². The van der Waals surface area contributed by atoms with Gasteiger partial charge in [-0.25, -0.2) is 0 Å². The van der Waals surface area contributed by atoms with Gasteiger partial charge < -0.3 is 0 Å². The van der Waals surface area contributed by atoms with Crippen LogP contribution in [0.25, 0.3) is 0 Å². The van der Waals surface area contributed by atoms with E-state index in [1.165, 1.54) is 25.7 Å². The molecule has 0 heterocycles. The molecule has 0 radical (unpaired) electrons. The van der Waals surface area contributed by atoms with Crippen LogP contribution >= 0.6 is 0 Å². The second kappa shape index (κ2) is 4.95. The van der Waals surface area contributed by atoms with Crippen molar-refractivity contribution in [3.63, 3.8) is 0 Å². The van der Waals surface area contributed by atoms with Gasteiger partial charge in [-0.1, -0.05) is 0 Å². The first-order chi connectivity index (χ1) is 7.24. The fourth-order valence-corrected chi connectivity index (χ4v) is 10.1. The Kier molecular flexibility index (Phi) is 3.82. The van der Waals surface area contributed by atoms with Crippen molar-refractivity contribution in [2.24, 2.45) is 0 Å². The Morgan fingerprint density at radius 2 is 2.13 bits per heavy atom. The summed E-state index contributed by atoms with van der Waals surface area (Å²) in [4.78, 5) is 0. The average Bonchev–Trinajstić information content (AvgIpc) is 2.56. The molecule has 0 fully saturated rings. The van der Waals surface area contributed by atoms with Gasteiger partial charge in [-0.3, -0.25) is 0 Å². The number of hydrogen-bond acceptors (Lipinski definition) is 0. The zero-order valence-electron chi connectivity index (χ0n) is 9.97. The summed E-state index contributed by atoms with van der Waals surface area (Å²) in [6.45, 7) is 3.90. The minimum absolute atomic E-state index is 0.947. The third kappa shape index (κ3) is 2.27. The molecular weight excluding hydrogens is 347 g/mol. The van der Waals surface area contributed by atoms with E-state index < -0.39 is 21.4 Å². The van der Waals surface area contributed by atoms with Crippen LogP contribution in [0, 0.1) is 0 Å². The van der Waals surface area contributed by atoms with E-state index in [0.717, 1.165) is 10.1 Å². The predicted octanol–water partition coefficient (Wildman–Crippen LogP) is 4.88. The average molecular weight is 368 g/mol. The van der Waals surface area contributed by atoms with Crippen molar-refractivity contribution in [1.29, 1.82) is 0 Å². The molecule has 0 aliphatic heterocycles. The van der Waals surface area contributed by atoms with Gasteiger partial charge in [-0.2, -0.15) is 0 Å². The van der Waals surface area contributed by atoms with Crippen molar-refractivity contribution in [2.75, 3.05) is 0 Å². The Morgan fingerprint density at radius 1 is 1.40 bits per heavy atom. The molecule has 0 aromatic rings. The monoisotopic (exact) mass is 369 g/mol. The van der Waals surface area contributed by atoms with E-state index >= 15 is 0 Å². The minimum atomic E-state index is -1.29. The fourth-order valence-electron chi connectivity index (χ4n) is 3.04. The van der Waals surface area contributed by atoms with Crippen LogP contribution in [0.15, 0.2) is 35.5 Å². The molecule has 2 rings (SSSR count). The van der Waals surface area contributed by atoms with Gasteiger partial charge in [0.15, 0.2) is 0 Å². The Bertz CT molecular complexity index is 320. The first kappa shape index (κ1) is 11.6. The molecule has 1 unspecified atom stereocenters. The van der Waals surface area contributed by atoms with Crippen molar-refractivity contribution >= 4 is 0 Å². The van der Waals surface area contributed by atoms with Crippen molar-refractivity contribution in [2.45, 2.75) is 45.1 Å². The molecule has 0 bridgehead atoms. The first-order valence-electron chi connectivity index (χ1n) is 6.07. The zero-order chi connectivity index (χ0) is 10.8. The maximum absolute atomic E-state index is 3.90. The summed E-state index contributed by atoms with van der Waals surface area (Å²) in [5, 5.41) is 0. The van der Waals surface area contributed by atoms with Crippen LogP contribution in [-0.4, -0.2) is 0 Å². The number of hydrogen-bond donors (Lipinski definition) is 0. The van der Waals surface area contributed by atoms with E-state index in [4.69, 9.17) is 0 Å². The van der Waals surface area contributed by atoms with Crippen LogP contribution in [0.3, 0.4) is 0 Å². The summed E-state index contributed by atoms with van der Waals surface area (Å²) in [7, 11) is 0. The number of allylic oxidation sites excluding steroid dienone is 5. The molecule has 15 heavy (non-hydrogen) atoms. The van der Waals surface area contributed by atoms with Crippen LogP contribution in [0.2, 0.25) is 13.0 Å². The Hall–Kier alpha value is 0.0901. The van der Waals surface area contributed by atoms with Crippen molar-refractivity contribution in [3.05, 3.63) is 35.5 Å². The summed E-state index contributed by atoms with van der Waals surface area (Å²) in [6, 6.07) is 0. The van der Waals surface area contributed by atoms with E-state index in [0.29, 0.717) is 0 Å². The van der Waals surface area contributed by atoms with Crippen LogP contribution in [-0.2, 0) is 21.4 Å². The topological polar surface area (TPSA) is 0 Å². The van der Waals surface area contributed by atoms with Crippen molar-refractivity contribution < 1.29 is 21.4 Å². The van der Waals surface area contributed by atoms with Gasteiger partial charge in [0.2, 0.25) is 0 Å². The van der Waals surface area contributed by atoms with Crippen molar-refractivity contribution in [3.8, 4) is 0 Å². The van der Waals surface area contributed by atoms with E-state index in [-0.39, 0.29) is 0 Å². The van der Waals surface area contributed by atoms with Crippen LogP contribution in [0.4, 0.5) is 0 Å². The molecule has 0 spiro atoms. The van der Waals surface area contributed by atoms with Gasteiger partial charge in [0.05, 0.1) is 0 Å². The fraction of sp³-hybridized carbons (Fsp3) is 0.571. The standard InChI is InChI=1S/C12H15.2CH3.Hf/c1-2-5-10-8-11-6-3-4-7-12(11)9-10;;;/h2,8-9H,1,3-7H2;2*1H3;. The molecule has 0 aromatic carbocycles. The first-order valence-corrected chi connectivity index (χ1v) is 15.3. The molecule has 2 aliphatic carbocycles.